The van der Waals surface area contributed by atoms with Gasteiger partial charge < -0.3 is 10.6 Å². The minimum absolute atomic E-state index is 0.241. The Labute approximate surface area is 95.3 Å². The average molecular weight is 221 g/mol. The van der Waals surface area contributed by atoms with Crippen molar-refractivity contribution in [3.63, 3.8) is 0 Å². The Morgan fingerprint density at radius 3 is 2.75 bits per heavy atom. The van der Waals surface area contributed by atoms with Crippen molar-refractivity contribution >= 4 is 5.69 Å². The first kappa shape index (κ1) is 12.5. The predicted octanol–water partition coefficient (Wildman–Crippen LogP) is 1.89. The van der Waals surface area contributed by atoms with E-state index in [2.05, 4.69) is 0 Å². The molecule has 0 aliphatic carbocycles. The lowest BCUT2D eigenvalue weighted by atomic mass is 10.2. The van der Waals surface area contributed by atoms with E-state index in [1.54, 1.807) is 18.2 Å². The summed E-state index contributed by atoms with van der Waals surface area (Å²) in [7, 11) is 0. The van der Waals surface area contributed by atoms with Crippen molar-refractivity contribution in [2.75, 3.05) is 18.0 Å². The van der Waals surface area contributed by atoms with Gasteiger partial charge in [0, 0.05) is 13.1 Å². The third-order valence-corrected chi connectivity index (χ3v) is 2.45. The quantitative estimate of drug-likeness (QED) is 0.826. The first-order valence-electron chi connectivity index (χ1n) is 5.33. The van der Waals surface area contributed by atoms with E-state index >= 15 is 0 Å². The average Bonchev–Trinajstić information content (AvgIpc) is 2.31. The Morgan fingerprint density at radius 2 is 2.19 bits per heavy atom. The number of halogens is 1. The Kier molecular flexibility index (Phi) is 4.74. The van der Waals surface area contributed by atoms with Gasteiger partial charge in [0.05, 0.1) is 17.8 Å². The van der Waals surface area contributed by atoms with E-state index in [4.69, 9.17) is 11.0 Å². The SMILES string of the molecule is CCN(CCC(N)C#N)c1ccccc1F. The van der Waals surface area contributed by atoms with Gasteiger partial charge in [-0.1, -0.05) is 12.1 Å². The van der Waals surface area contributed by atoms with Crippen LogP contribution in [0.4, 0.5) is 10.1 Å². The Bertz CT molecular complexity index is 373. The minimum Gasteiger partial charge on any atom is -0.369 e. The van der Waals surface area contributed by atoms with Gasteiger partial charge in [-0.3, -0.25) is 0 Å². The van der Waals surface area contributed by atoms with E-state index in [0.29, 0.717) is 25.2 Å². The predicted molar refractivity (Wildman–Crippen MR) is 62.5 cm³/mol. The third-order valence-electron chi connectivity index (χ3n) is 2.45. The summed E-state index contributed by atoms with van der Waals surface area (Å²) in [5.74, 6) is -0.241. The largest absolute Gasteiger partial charge is 0.369 e. The van der Waals surface area contributed by atoms with Gasteiger partial charge in [0.15, 0.2) is 0 Å². The molecule has 16 heavy (non-hydrogen) atoms. The normalized spacial score (nSPS) is 11.9. The summed E-state index contributed by atoms with van der Waals surface area (Å²) in [6.45, 7) is 3.23. The van der Waals surface area contributed by atoms with Crippen molar-refractivity contribution in [3.05, 3.63) is 30.1 Å². The van der Waals surface area contributed by atoms with Crippen molar-refractivity contribution in [1.29, 1.82) is 5.26 Å². The summed E-state index contributed by atoms with van der Waals surface area (Å²) in [6.07, 6.45) is 0.540. The summed E-state index contributed by atoms with van der Waals surface area (Å²) >= 11 is 0. The van der Waals surface area contributed by atoms with Crippen LogP contribution in [0.3, 0.4) is 0 Å². The van der Waals surface area contributed by atoms with Crippen LogP contribution in [0.5, 0.6) is 0 Å². The standard InChI is InChI=1S/C12H16FN3/c1-2-16(8-7-10(15)9-14)12-6-4-3-5-11(12)13/h3-6,10H,2,7-8,15H2,1H3. The second kappa shape index (κ2) is 6.09. The molecule has 0 aliphatic heterocycles. The molecule has 1 aromatic carbocycles. The van der Waals surface area contributed by atoms with Gasteiger partial charge in [0.2, 0.25) is 0 Å². The first-order chi connectivity index (χ1) is 7.69. The summed E-state index contributed by atoms with van der Waals surface area (Å²) in [5, 5.41) is 8.58. The van der Waals surface area contributed by atoms with Crippen LogP contribution in [0.15, 0.2) is 24.3 Å². The van der Waals surface area contributed by atoms with Crippen LogP contribution >= 0.6 is 0 Å². The van der Waals surface area contributed by atoms with E-state index < -0.39 is 6.04 Å². The lowest BCUT2D eigenvalue weighted by Gasteiger charge is -2.23. The zero-order chi connectivity index (χ0) is 12.0. The van der Waals surface area contributed by atoms with Gasteiger partial charge in [0.1, 0.15) is 5.82 Å². The molecule has 0 heterocycles. The lowest BCUT2D eigenvalue weighted by Crippen LogP contribution is -2.30. The van der Waals surface area contributed by atoms with Crippen molar-refractivity contribution in [3.8, 4) is 6.07 Å². The molecule has 3 nitrogen and oxygen atoms in total. The van der Waals surface area contributed by atoms with E-state index in [9.17, 15) is 4.39 Å². The molecule has 86 valence electrons. The van der Waals surface area contributed by atoms with Crippen LogP contribution in [0.1, 0.15) is 13.3 Å². The maximum atomic E-state index is 13.5. The summed E-state index contributed by atoms with van der Waals surface area (Å²) in [6, 6.07) is 8.11. The van der Waals surface area contributed by atoms with E-state index in [-0.39, 0.29) is 5.82 Å². The van der Waals surface area contributed by atoms with Gasteiger partial charge in [-0.05, 0) is 25.5 Å². The molecule has 1 rings (SSSR count). The molecule has 0 spiro atoms. The molecule has 1 atom stereocenters. The van der Waals surface area contributed by atoms with Crippen LogP contribution in [0.25, 0.3) is 0 Å². The molecule has 0 saturated heterocycles. The fourth-order valence-electron chi connectivity index (χ4n) is 1.52. The van der Waals surface area contributed by atoms with E-state index in [0.717, 1.165) is 0 Å². The first-order valence-corrected chi connectivity index (χ1v) is 5.33. The number of benzene rings is 1. The van der Waals surface area contributed by atoms with Gasteiger partial charge >= 0.3 is 0 Å². The molecular weight excluding hydrogens is 205 g/mol. The highest BCUT2D eigenvalue weighted by atomic mass is 19.1. The molecule has 0 aromatic heterocycles. The molecule has 0 fully saturated rings. The molecule has 2 N–H and O–H groups in total. The maximum Gasteiger partial charge on any atom is 0.146 e. The van der Waals surface area contributed by atoms with Crippen molar-refractivity contribution in [2.24, 2.45) is 5.73 Å². The second-order valence-corrected chi connectivity index (χ2v) is 3.56. The zero-order valence-corrected chi connectivity index (χ0v) is 9.36. The number of hydrogen-bond donors (Lipinski definition) is 1. The number of rotatable bonds is 5. The summed E-state index contributed by atoms with van der Waals surface area (Å²) in [4.78, 5) is 1.88. The number of hydrogen-bond acceptors (Lipinski definition) is 3. The molecule has 4 heteroatoms. The van der Waals surface area contributed by atoms with Crippen LogP contribution in [-0.2, 0) is 0 Å². The Balaban J connectivity index is 2.69. The number of nitrogens with two attached hydrogens (primary N) is 1. The summed E-state index contributed by atoms with van der Waals surface area (Å²) < 4.78 is 13.5. The maximum absolute atomic E-state index is 13.5. The fraction of sp³-hybridized carbons (Fsp3) is 0.417. The Hall–Kier alpha value is -1.60. The van der Waals surface area contributed by atoms with Gasteiger partial charge in [-0.2, -0.15) is 5.26 Å². The number of para-hydroxylation sites is 1. The smallest absolute Gasteiger partial charge is 0.146 e. The number of nitriles is 1. The fourth-order valence-corrected chi connectivity index (χ4v) is 1.52. The highest BCUT2D eigenvalue weighted by molar-refractivity contribution is 5.47. The zero-order valence-electron chi connectivity index (χ0n) is 9.36. The molecule has 0 aliphatic rings. The van der Waals surface area contributed by atoms with E-state index in [1.807, 2.05) is 17.9 Å². The highest BCUT2D eigenvalue weighted by Gasteiger charge is 2.10. The van der Waals surface area contributed by atoms with Crippen LogP contribution < -0.4 is 10.6 Å². The molecule has 1 unspecified atom stereocenters. The van der Waals surface area contributed by atoms with Crippen molar-refractivity contribution in [1.82, 2.24) is 0 Å². The van der Waals surface area contributed by atoms with E-state index in [1.165, 1.54) is 6.07 Å². The number of anilines is 1. The molecular formula is C12H16FN3. The van der Waals surface area contributed by atoms with Gasteiger partial charge in [-0.15, -0.1) is 0 Å². The molecule has 0 bridgehead atoms. The lowest BCUT2D eigenvalue weighted by molar-refractivity contribution is 0.611. The highest BCUT2D eigenvalue weighted by Crippen LogP contribution is 2.18. The molecule has 1 aromatic rings. The molecule has 0 amide bonds. The minimum atomic E-state index is -0.485. The van der Waals surface area contributed by atoms with Crippen LogP contribution in [0, 0.1) is 17.1 Å². The monoisotopic (exact) mass is 221 g/mol. The van der Waals surface area contributed by atoms with Gasteiger partial charge in [-0.25, -0.2) is 4.39 Å². The van der Waals surface area contributed by atoms with Crippen LogP contribution in [-0.4, -0.2) is 19.1 Å². The topological polar surface area (TPSA) is 53.0 Å². The van der Waals surface area contributed by atoms with Gasteiger partial charge in [0.25, 0.3) is 0 Å². The summed E-state index contributed by atoms with van der Waals surface area (Å²) in [5.41, 5.74) is 6.08. The van der Waals surface area contributed by atoms with Crippen molar-refractivity contribution in [2.45, 2.75) is 19.4 Å². The molecule has 0 radical (unpaired) electrons. The number of nitrogens with zero attached hydrogens (tertiary/aromatic N) is 2. The van der Waals surface area contributed by atoms with Crippen LogP contribution in [0.2, 0.25) is 0 Å². The van der Waals surface area contributed by atoms with Crippen molar-refractivity contribution < 1.29 is 4.39 Å². The second-order valence-electron chi connectivity index (χ2n) is 3.56. The molecule has 0 saturated carbocycles. The third kappa shape index (κ3) is 3.21. The Morgan fingerprint density at radius 1 is 1.50 bits per heavy atom.